The summed E-state index contributed by atoms with van der Waals surface area (Å²) in [4.78, 5) is 36.5. The van der Waals surface area contributed by atoms with Crippen LogP contribution in [0, 0.1) is 10.1 Å². The molecule has 16 heavy (non-hydrogen) atoms. The normalized spacial score (nSPS) is 9.25. The van der Waals surface area contributed by atoms with Gasteiger partial charge in [0.1, 0.15) is 5.17 Å². The summed E-state index contributed by atoms with van der Waals surface area (Å²) >= 11 is 0. The lowest BCUT2D eigenvalue weighted by molar-refractivity contribution is -0.693. The van der Waals surface area contributed by atoms with Gasteiger partial charge in [0.05, 0.1) is 0 Å². The monoisotopic (exact) mass is 225 g/mol. The van der Waals surface area contributed by atoms with Crippen molar-refractivity contribution in [2.75, 3.05) is 0 Å². The number of nitrogens with two attached hydrogens (primary N) is 1. The Kier molecular flexibility index (Phi) is 3.38. The zero-order chi connectivity index (χ0) is 12.1. The van der Waals surface area contributed by atoms with Gasteiger partial charge in [-0.15, -0.1) is 0 Å². The van der Waals surface area contributed by atoms with Gasteiger partial charge in [0.2, 0.25) is 5.03 Å². The van der Waals surface area contributed by atoms with Gasteiger partial charge in [-0.1, -0.05) is 18.2 Å². The van der Waals surface area contributed by atoms with Crippen LogP contribution in [0.4, 0.5) is 0 Å². The summed E-state index contributed by atoms with van der Waals surface area (Å²) in [6.45, 7) is 0. The number of hydrogen-bond acceptors (Lipinski definition) is 5. The van der Waals surface area contributed by atoms with Crippen molar-refractivity contribution in [3.63, 3.8) is 0 Å². The van der Waals surface area contributed by atoms with E-state index in [1.54, 1.807) is 18.2 Å². The van der Waals surface area contributed by atoms with Crippen LogP contribution in [-0.4, -0.2) is 22.0 Å². The summed E-state index contributed by atoms with van der Waals surface area (Å²) in [5.74, 6) is -3.00. The van der Waals surface area contributed by atoms with Gasteiger partial charge in [-0.25, -0.2) is 10.1 Å². The second-order valence-electron chi connectivity index (χ2n) is 2.58. The average molecular weight is 225 g/mol. The molecule has 0 heterocycles. The largest absolute Gasteiger partial charge is 0.414 e. The predicted octanol–water partition coefficient (Wildman–Crippen LogP) is -0.514. The molecule has 0 saturated carbocycles. The lowest BCUT2D eigenvalue weighted by Crippen LogP contribution is -2.45. The zero-order valence-corrected chi connectivity index (χ0v) is 7.90. The van der Waals surface area contributed by atoms with Crippen molar-refractivity contribution in [1.82, 2.24) is 5.17 Å². The highest BCUT2D eigenvalue weighted by molar-refractivity contribution is 6.33. The average Bonchev–Trinajstić information content (AvgIpc) is 2.26. The van der Waals surface area contributed by atoms with Crippen LogP contribution in [-0.2, 0) is 9.59 Å². The predicted molar refractivity (Wildman–Crippen MR) is 50.1 cm³/mol. The molecule has 0 aliphatic heterocycles. The van der Waals surface area contributed by atoms with Crippen LogP contribution >= 0.6 is 0 Å². The van der Waals surface area contributed by atoms with Crippen molar-refractivity contribution in [2.45, 2.75) is 0 Å². The first-order valence-corrected chi connectivity index (χ1v) is 4.03. The summed E-state index contributed by atoms with van der Waals surface area (Å²) < 4.78 is 0. The Balaban J connectivity index is 2.85. The molecule has 1 aromatic rings. The third kappa shape index (κ3) is 2.67. The number of carbonyl (C=O) groups excluding carboxylic acids is 2. The van der Waals surface area contributed by atoms with E-state index in [1.165, 1.54) is 12.1 Å². The van der Waals surface area contributed by atoms with Crippen molar-refractivity contribution < 1.29 is 19.5 Å². The Hall–Kier alpha value is -2.64. The summed E-state index contributed by atoms with van der Waals surface area (Å²) in [5.41, 5.74) is 4.61. The molecule has 0 atom stereocenters. The van der Waals surface area contributed by atoms with E-state index in [4.69, 9.17) is 0 Å². The maximum atomic E-state index is 11.0. The molecule has 2 N–H and O–H groups in total. The Bertz CT molecular complexity index is 419. The molecule has 0 saturated heterocycles. The Morgan fingerprint density at radius 1 is 1.31 bits per heavy atom. The summed E-state index contributed by atoms with van der Waals surface area (Å²) in [6.07, 6.45) is 0. The maximum Gasteiger partial charge on any atom is 0.414 e. The summed E-state index contributed by atoms with van der Waals surface area (Å²) in [7, 11) is 0. The van der Waals surface area contributed by atoms with Crippen LogP contribution in [0.25, 0.3) is 0 Å². The summed E-state index contributed by atoms with van der Waals surface area (Å²) in [6, 6.07) is 7.50. The van der Waals surface area contributed by atoms with E-state index in [-0.39, 0.29) is 10.9 Å². The van der Waals surface area contributed by atoms with Gasteiger partial charge >= 0.3 is 11.8 Å². The van der Waals surface area contributed by atoms with E-state index in [0.29, 0.717) is 0 Å². The van der Waals surface area contributed by atoms with E-state index >= 15 is 0 Å². The fourth-order valence-electron chi connectivity index (χ4n) is 0.824. The molecule has 1 aromatic carbocycles. The van der Waals surface area contributed by atoms with Crippen molar-refractivity contribution in [3.05, 3.63) is 40.4 Å². The van der Waals surface area contributed by atoms with Gasteiger partial charge in [0.25, 0.3) is 0 Å². The number of benzene rings is 1. The minimum Gasteiger partial charge on any atom is -0.361 e. The number of hydrazine groups is 1. The number of rotatable bonds is 3. The number of nitro groups is 1. The molecule has 0 aliphatic rings. The van der Waals surface area contributed by atoms with Crippen molar-refractivity contribution in [1.29, 1.82) is 0 Å². The number of nitrogens with zero attached hydrogens (tertiary/aromatic N) is 2. The molecule has 0 spiro atoms. The molecule has 0 bridgehead atoms. The zero-order valence-electron chi connectivity index (χ0n) is 7.90. The third-order valence-corrected chi connectivity index (χ3v) is 1.47. The van der Waals surface area contributed by atoms with Crippen LogP contribution in [0.3, 0.4) is 0 Å². The second-order valence-corrected chi connectivity index (χ2v) is 2.58. The van der Waals surface area contributed by atoms with Gasteiger partial charge in [0.15, 0.2) is 5.75 Å². The standard InChI is InChI=1S/C8H7N3O5/c9-7(12)8(13)10(11(14)15)16-6-4-2-1-3-5-6/h1-5H,(H2,9,12). The first-order valence-electron chi connectivity index (χ1n) is 4.03. The first kappa shape index (κ1) is 11.4. The third-order valence-electron chi connectivity index (χ3n) is 1.47. The van der Waals surface area contributed by atoms with E-state index in [9.17, 15) is 19.7 Å². The Morgan fingerprint density at radius 2 is 1.88 bits per heavy atom. The molecular formula is C8H7N3O5. The highest BCUT2D eigenvalue weighted by Gasteiger charge is 2.32. The molecule has 0 unspecified atom stereocenters. The Morgan fingerprint density at radius 3 is 2.31 bits per heavy atom. The lowest BCUT2D eigenvalue weighted by atomic mass is 10.3. The lowest BCUT2D eigenvalue weighted by Gasteiger charge is -2.09. The van der Waals surface area contributed by atoms with Gasteiger partial charge in [0, 0.05) is 0 Å². The van der Waals surface area contributed by atoms with Crippen molar-refractivity contribution in [2.24, 2.45) is 5.73 Å². The molecule has 84 valence electrons. The molecule has 0 radical (unpaired) electrons. The Labute approximate surface area is 89.3 Å². The van der Waals surface area contributed by atoms with Gasteiger partial charge in [-0.3, -0.25) is 9.59 Å². The number of para-hydroxylation sites is 1. The fourth-order valence-corrected chi connectivity index (χ4v) is 0.824. The molecular weight excluding hydrogens is 218 g/mol. The van der Waals surface area contributed by atoms with Crippen LogP contribution in [0.1, 0.15) is 0 Å². The number of hydrogen-bond donors (Lipinski definition) is 1. The van der Waals surface area contributed by atoms with E-state index < -0.39 is 16.8 Å². The first-order chi connectivity index (χ1) is 7.52. The number of hydroxylamine groups is 1. The molecule has 8 heteroatoms. The van der Waals surface area contributed by atoms with E-state index in [2.05, 4.69) is 10.6 Å². The van der Waals surface area contributed by atoms with Crippen molar-refractivity contribution >= 4 is 11.8 Å². The fraction of sp³-hybridized carbons (Fsp3) is 0. The second kappa shape index (κ2) is 4.73. The molecule has 8 nitrogen and oxygen atoms in total. The minimum absolute atomic E-state index is 0.0359. The summed E-state index contributed by atoms with van der Waals surface area (Å²) in [5, 5.41) is 8.93. The molecule has 1 rings (SSSR count). The van der Waals surface area contributed by atoms with Gasteiger partial charge < -0.3 is 10.6 Å². The highest BCUT2D eigenvalue weighted by atomic mass is 16.8. The number of carbonyl (C=O) groups is 2. The van der Waals surface area contributed by atoms with Crippen LogP contribution in [0.2, 0.25) is 0 Å². The SMILES string of the molecule is NC(=O)C(=O)N(Oc1ccccc1)[N+](=O)[O-]. The highest BCUT2D eigenvalue weighted by Crippen LogP contribution is 2.10. The van der Waals surface area contributed by atoms with Crippen LogP contribution in [0.5, 0.6) is 5.75 Å². The number of primary amides is 1. The topological polar surface area (TPSA) is 116 Å². The van der Waals surface area contributed by atoms with E-state index in [0.717, 1.165) is 0 Å². The van der Waals surface area contributed by atoms with Gasteiger partial charge in [-0.05, 0) is 12.1 Å². The molecule has 0 aliphatic carbocycles. The molecule has 0 aromatic heterocycles. The van der Waals surface area contributed by atoms with Crippen LogP contribution < -0.4 is 10.6 Å². The maximum absolute atomic E-state index is 11.0. The van der Waals surface area contributed by atoms with Gasteiger partial charge in [-0.2, -0.15) is 0 Å². The molecule has 2 amide bonds. The van der Waals surface area contributed by atoms with Crippen LogP contribution in [0.15, 0.2) is 30.3 Å². The van der Waals surface area contributed by atoms with E-state index in [1.807, 2.05) is 0 Å². The quantitative estimate of drug-likeness (QED) is 0.422. The minimum atomic E-state index is -1.56. The smallest absolute Gasteiger partial charge is 0.361 e. The van der Waals surface area contributed by atoms with Crippen molar-refractivity contribution in [3.8, 4) is 5.75 Å². The number of amides is 2. The molecule has 0 fully saturated rings.